The fraction of sp³-hybridized carbons (Fsp3) is 0.318. The number of fused-ring (bicyclic) bond motifs is 1. The van der Waals surface area contributed by atoms with Crippen molar-refractivity contribution in [2.24, 2.45) is 0 Å². The average molecular weight is 426 g/mol. The van der Waals surface area contributed by atoms with Gasteiger partial charge in [-0.3, -0.25) is 14.2 Å². The first-order valence-electron chi connectivity index (χ1n) is 9.84. The summed E-state index contributed by atoms with van der Waals surface area (Å²) in [5.41, 5.74) is 1.40. The summed E-state index contributed by atoms with van der Waals surface area (Å²) in [6, 6.07) is 10.3. The zero-order valence-corrected chi connectivity index (χ0v) is 17.8. The van der Waals surface area contributed by atoms with Crippen LogP contribution in [0.5, 0.6) is 11.5 Å². The quantitative estimate of drug-likeness (QED) is 0.645. The van der Waals surface area contributed by atoms with Gasteiger partial charge in [-0.1, -0.05) is 0 Å². The molecule has 7 nitrogen and oxygen atoms in total. The van der Waals surface area contributed by atoms with Gasteiger partial charge in [0.2, 0.25) is 0 Å². The van der Waals surface area contributed by atoms with Gasteiger partial charge >= 0.3 is 0 Å². The molecule has 1 aliphatic rings. The first kappa shape index (κ1) is 20.2. The van der Waals surface area contributed by atoms with Crippen LogP contribution >= 0.6 is 12.2 Å². The van der Waals surface area contributed by atoms with E-state index in [2.05, 4.69) is 4.98 Å². The second-order valence-electron chi connectivity index (χ2n) is 7.22. The molecule has 0 atom stereocenters. The Labute approximate surface area is 178 Å². The molecule has 4 rings (SSSR count). The number of aromatic nitrogens is 2. The van der Waals surface area contributed by atoms with Gasteiger partial charge in [-0.2, -0.15) is 0 Å². The highest BCUT2D eigenvalue weighted by Gasteiger charge is 2.19. The van der Waals surface area contributed by atoms with E-state index in [9.17, 15) is 9.59 Å². The molecule has 1 saturated heterocycles. The van der Waals surface area contributed by atoms with Gasteiger partial charge in [0.25, 0.3) is 11.5 Å². The molecule has 2 aromatic carbocycles. The molecule has 1 amide bonds. The zero-order valence-electron chi connectivity index (χ0n) is 16.9. The number of methoxy groups -OCH3 is 2. The lowest BCUT2D eigenvalue weighted by Gasteiger charge is -2.26. The zero-order chi connectivity index (χ0) is 21.3. The summed E-state index contributed by atoms with van der Waals surface area (Å²) >= 11 is 5.46. The number of hydrogen-bond donors (Lipinski definition) is 1. The van der Waals surface area contributed by atoms with Crippen LogP contribution in [-0.2, 0) is 0 Å². The maximum Gasteiger partial charge on any atom is 0.266 e. The number of nitrogens with one attached hydrogen (secondary N) is 1. The van der Waals surface area contributed by atoms with Crippen molar-refractivity contribution in [3.05, 3.63) is 57.1 Å². The van der Waals surface area contributed by atoms with Crippen LogP contribution in [0.25, 0.3) is 16.6 Å². The average Bonchev–Trinajstić information content (AvgIpc) is 2.78. The van der Waals surface area contributed by atoms with E-state index in [1.54, 1.807) is 43.5 Å². The van der Waals surface area contributed by atoms with Crippen molar-refractivity contribution in [2.75, 3.05) is 27.3 Å². The first-order valence-corrected chi connectivity index (χ1v) is 10.2. The summed E-state index contributed by atoms with van der Waals surface area (Å²) in [7, 11) is 3.08. The second-order valence-corrected chi connectivity index (χ2v) is 7.61. The molecule has 2 heterocycles. The van der Waals surface area contributed by atoms with Gasteiger partial charge < -0.3 is 19.4 Å². The van der Waals surface area contributed by atoms with Crippen molar-refractivity contribution in [3.63, 3.8) is 0 Å². The van der Waals surface area contributed by atoms with Crippen LogP contribution in [0.15, 0.2) is 41.2 Å². The third kappa shape index (κ3) is 3.59. The van der Waals surface area contributed by atoms with Gasteiger partial charge in [-0.25, -0.2) is 0 Å². The molecule has 0 radical (unpaired) electrons. The number of aromatic amines is 1. The summed E-state index contributed by atoms with van der Waals surface area (Å²) < 4.78 is 12.2. The van der Waals surface area contributed by atoms with Gasteiger partial charge in [0.1, 0.15) is 0 Å². The molecule has 1 N–H and O–H groups in total. The Kier molecular flexibility index (Phi) is 5.59. The van der Waals surface area contributed by atoms with E-state index in [-0.39, 0.29) is 16.2 Å². The largest absolute Gasteiger partial charge is 0.493 e. The number of carbonyl (C=O) groups is 1. The topological polar surface area (TPSA) is 76.6 Å². The van der Waals surface area contributed by atoms with Gasteiger partial charge in [-0.05, 0) is 61.8 Å². The van der Waals surface area contributed by atoms with E-state index in [4.69, 9.17) is 21.7 Å². The molecule has 30 heavy (non-hydrogen) atoms. The molecule has 0 saturated carbocycles. The summed E-state index contributed by atoms with van der Waals surface area (Å²) in [6.45, 7) is 1.54. The SMILES string of the molecule is COc1ccc(-n2c(=S)[nH]c3cc(C(=O)N4CCCCC4)ccc3c2=O)cc1OC. The number of amides is 1. The summed E-state index contributed by atoms with van der Waals surface area (Å²) in [5.74, 6) is 1.05. The number of ether oxygens (including phenoxy) is 2. The molecular formula is C22H23N3O4S. The molecule has 0 aliphatic carbocycles. The number of nitrogens with zero attached hydrogens (tertiary/aromatic N) is 2. The van der Waals surface area contributed by atoms with Crippen molar-refractivity contribution in [1.82, 2.24) is 14.5 Å². The molecule has 1 fully saturated rings. The Morgan fingerprint density at radius 2 is 1.73 bits per heavy atom. The molecule has 156 valence electrons. The fourth-order valence-corrected chi connectivity index (χ4v) is 4.13. The third-order valence-corrected chi connectivity index (χ3v) is 5.70. The Bertz CT molecular complexity index is 1230. The summed E-state index contributed by atoms with van der Waals surface area (Å²) in [6.07, 6.45) is 3.21. The Hall–Kier alpha value is -3.13. The molecule has 8 heteroatoms. The standard InChI is InChI=1S/C22H23N3O4S/c1-28-18-9-7-15(13-19(18)29-2)25-21(27)16-8-6-14(12-17(16)23-22(25)30)20(26)24-10-4-3-5-11-24/h6-9,12-13H,3-5,10-11H2,1-2H3,(H,23,30). The van der Waals surface area contributed by atoms with E-state index in [0.717, 1.165) is 32.4 Å². The molecule has 0 spiro atoms. The van der Waals surface area contributed by atoms with E-state index in [1.807, 2.05) is 4.90 Å². The van der Waals surface area contributed by atoms with Gasteiger partial charge in [-0.15, -0.1) is 0 Å². The van der Waals surface area contributed by atoms with Gasteiger partial charge in [0.05, 0.1) is 30.8 Å². The molecule has 0 bridgehead atoms. The monoisotopic (exact) mass is 425 g/mol. The van der Waals surface area contributed by atoms with Crippen LogP contribution in [0.1, 0.15) is 29.6 Å². The van der Waals surface area contributed by atoms with Crippen molar-refractivity contribution >= 4 is 29.0 Å². The smallest absolute Gasteiger partial charge is 0.266 e. The highest BCUT2D eigenvalue weighted by molar-refractivity contribution is 7.71. The maximum absolute atomic E-state index is 13.2. The summed E-state index contributed by atoms with van der Waals surface area (Å²) in [5, 5.41) is 0.452. The molecule has 3 aromatic rings. The minimum atomic E-state index is -0.266. The normalized spacial score (nSPS) is 14.0. The predicted octanol–water partition coefficient (Wildman–Crippen LogP) is 3.69. The lowest BCUT2D eigenvalue weighted by atomic mass is 10.1. The number of hydrogen-bond acceptors (Lipinski definition) is 5. The van der Waals surface area contributed by atoms with Gasteiger partial charge in [0, 0.05) is 24.7 Å². The van der Waals surface area contributed by atoms with E-state index >= 15 is 0 Å². The van der Waals surface area contributed by atoms with Crippen molar-refractivity contribution in [1.29, 1.82) is 0 Å². The molecule has 1 aliphatic heterocycles. The number of piperidine rings is 1. The lowest BCUT2D eigenvalue weighted by Crippen LogP contribution is -2.35. The predicted molar refractivity (Wildman–Crippen MR) is 118 cm³/mol. The van der Waals surface area contributed by atoms with Crippen molar-refractivity contribution in [2.45, 2.75) is 19.3 Å². The van der Waals surface area contributed by atoms with Gasteiger partial charge in [0.15, 0.2) is 16.3 Å². The highest BCUT2D eigenvalue weighted by Crippen LogP contribution is 2.29. The third-order valence-electron chi connectivity index (χ3n) is 5.41. The van der Waals surface area contributed by atoms with E-state index in [1.165, 1.54) is 11.7 Å². The van der Waals surface area contributed by atoms with Crippen LogP contribution < -0.4 is 15.0 Å². The number of H-pyrrole nitrogens is 1. The number of rotatable bonds is 4. The molecule has 0 unspecified atom stereocenters. The highest BCUT2D eigenvalue weighted by atomic mass is 32.1. The first-order chi connectivity index (χ1) is 14.5. The van der Waals surface area contributed by atoms with Crippen molar-refractivity contribution in [3.8, 4) is 17.2 Å². The van der Waals surface area contributed by atoms with E-state index in [0.29, 0.717) is 33.7 Å². The minimum Gasteiger partial charge on any atom is -0.493 e. The van der Waals surface area contributed by atoms with Crippen LogP contribution in [0.3, 0.4) is 0 Å². The van der Waals surface area contributed by atoms with Crippen LogP contribution in [0.4, 0.5) is 0 Å². The maximum atomic E-state index is 13.2. The number of likely N-dealkylation sites (tertiary alicyclic amines) is 1. The molecular weight excluding hydrogens is 402 g/mol. The Morgan fingerprint density at radius 1 is 1.00 bits per heavy atom. The Balaban J connectivity index is 1.78. The van der Waals surface area contributed by atoms with Crippen LogP contribution in [0, 0.1) is 4.77 Å². The molecule has 1 aromatic heterocycles. The number of benzene rings is 2. The second kappa shape index (κ2) is 8.31. The van der Waals surface area contributed by atoms with Crippen LogP contribution in [-0.4, -0.2) is 47.7 Å². The lowest BCUT2D eigenvalue weighted by molar-refractivity contribution is 0.0724. The van der Waals surface area contributed by atoms with E-state index < -0.39 is 0 Å². The Morgan fingerprint density at radius 3 is 2.43 bits per heavy atom. The van der Waals surface area contributed by atoms with Crippen LogP contribution in [0.2, 0.25) is 0 Å². The minimum absolute atomic E-state index is 0.0139. The fourth-order valence-electron chi connectivity index (χ4n) is 3.83. The number of carbonyl (C=O) groups excluding carboxylic acids is 1. The summed E-state index contributed by atoms with van der Waals surface area (Å²) in [4.78, 5) is 31.0. The van der Waals surface area contributed by atoms with Crippen molar-refractivity contribution < 1.29 is 14.3 Å².